The molecule has 28 heavy (non-hydrogen) atoms. The summed E-state index contributed by atoms with van der Waals surface area (Å²) in [6.07, 6.45) is 6.06. The molecular weight excluding hydrogens is 356 g/mol. The van der Waals surface area contributed by atoms with Crippen LogP contribution in [0.4, 0.5) is 0 Å². The zero-order valence-corrected chi connectivity index (χ0v) is 16.1. The second kappa shape index (κ2) is 7.39. The van der Waals surface area contributed by atoms with Crippen molar-refractivity contribution in [2.24, 2.45) is 5.41 Å². The minimum atomic E-state index is -0.751. The fourth-order valence-corrected chi connectivity index (χ4v) is 4.62. The monoisotopic (exact) mass is 382 g/mol. The third kappa shape index (κ3) is 3.67. The highest BCUT2D eigenvalue weighted by molar-refractivity contribution is 5.74. The smallest absolute Gasteiger partial charge is 0.320 e. The summed E-state index contributed by atoms with van der Waals surface area (Å²) in [5.41, 5.74) is 2.09. The van der Waals surface area contributed by atoms with E-state index in [4.69, 9.17) is 0 Å². The third-order valence-electron chi connectivity index (χ3n) is 6.25. The van der Waals surface area contributed by atoms with Crippen molar-refractivity contribution < 1.29 is 14.7 Å². The molecule has 7 heteroatoms. The molecule has 1 atom stereocenters. The molecule has 1 N–H and O–H groups in total. The van der Waals surface area contributed by atoms with Crippen molar-refractivity contribution in [2.75, 3.05) is 19.6 Å². The minimum absolute atomic E-state index is 0.00398. The fraction of sp³-hybridized carbons (Fsp3) is 0.476. The van der Waals surface area contributed by atoms with E-state index in [-0.39, 0.29) is 11.3 Å². The molecule has 1 aromatic heterocycles. The number of likely N-dealkylation sites (tertiary alicyclic amines) is 2. The molecule has 4 rings (SSSR count). The van der Waals surface area contributed by atoms with Crippen molar-refractivity contribution in [3.63, 3.8) is 0 Å². The van der Waals surface area contributed by atoms with Gasteiger partial charge in [-0.2, -0.15) is 5.10 Å². The fourth-order valence-electron chi connectivity index (χ4n) is 4.62. The van der Waals surface area contributed by atoms with E-state index >= 15 is 0 Å². The molecular formula is C21H26N4O3. The Kier molecular flexibility index (Phi) is 4.93. The van der Waals surface area contributed by atoms with Crippen molar-refractivity contribution in [2.45, 2.75) is 38.8 Å². The van der Waals surface area contributed by atoms with E-state index in [0.717, 1.165) is 43.7 Å². The number of piperidine rings is 1. The Hall–Kier alpha value is -2.67. The van der Waals surface area contributed by atoms with Crippen LogP contribution in [0.5, 0.6) is 0 Å². The number of aliphatic carboxylic acids is 1. The quantitative estimate of drug-likeness (QED) is 0.877. The maximum absolute atomic E-state index is 11.9. The Labute approximate surface area is 164 Å². The maximum atomic E-state index is 11.9. The Morgan fingerprint density at radius 2 is 1.93 bits per heavy atom. The second-order valence-corrected chi connectivity index (χ2v) is 8.09. The van der Waals surface area contributed by atoms with E-state index in [2.05, 4.69) is 10.00 Å². The Morgan fingerprint density at radius 3 is 2.50 bits per heavy atom. The Bertz CT molecular complexity index is 839. The molecule has 148 valence electrons. The zero-order valence-electron chi connectivity index (χ0n) is 16.1. The summed E-state index contributed by atoms with van der Waals surface area (Å²) in [6.45, 7) is 4.46. The van der Waals surface area contributed by atoms with E-state index in [0.29, 0.717) is 13.0 Å². The van der Waals surface area contributed by atoms with E-state index in [1.165, 1.54) is 0 Å². The van der Waals surface area contributed by atoms with Crippen LogP contribution in [-0.4, -0.2) is 62.2 Å². The van der Waals surface area contributed by atoms with Gasteiger partial charge in [-0.1, -0.05) is 12.1 Å². The predicted octanol–water partition coefficient (Wildman–Crippen LogP) is 2.16. The lowest BCUT2D eigenvalue weighted by Crippen LogP contribution is -2.43. The summed E-state index contributed by atoms with van der Waals surface area (Å²) >= 11 is 0. The Morgan fingerprint density at radius 1 is 1.21 bits per heavy atom. The van der Waals surface area contributed by atoms with Crippen LogP contribution in [0.1, 0.15) is 31.7 Å². The van der Waals surface area contributed by atoms with E-state index < -0.39 is 12.0 Å². The van der Waals surface area contributed by atoms with Gasteiger partial charge in [0.05, 0.1) is 5.69 Å². The summed E-state index contributed by atoms with van der Waals surface area (Å²) in [5.74, 6) is -0.643. The van der Waals surface area contributed by atoms with E-state index in [1.54, 1.807) is 17.8 Å². The summed E-state index contributed by atoms with van der Waals surface area (Å²) < 4.78 is 1.80. The minimum Gasteiger partial charge on any atom is -0.480 e. The van der Waals surface area contributed by atoms with Gasteiger partial charge in [0, 0.05) is 45.5 Å². The van der Waals surface area contributed by atoms with Gasteiger partial charge in [0.2, 0.25) is 5.91 Å². The van der Waals surface area contributed by atoms with Crippen LogP contribution in [0, 0.1) is 5.41 Å². The summed E-state index contributed by atoms with van der Waals surface area (Å²) in [7, 11) is 0. The SMILES string of the molecule is CC(=O)N1CCC2(CC1)C[C@H](C(=O)O)N(Cc1ccc(-n3cccn3)cc1)C2. The van der Waals surface area contributed by atoms with Gasteiger partial charge in [-0.3, -0.25) is 14.5 Å². The first-order valence-corrected chi connectivity index (χ1v) is 9.77. The molecule has 1 aromatic carbocycles. The van der Waals surface area contributed by atoms with Gasteiger partial charge in [0.1, 0.15) is 6.04 Å². The van der Waals surface area contributed by atoms with Crippen molar-refractivity contribution in [1.82, 2.24) is 19.6 Å². The molecule has 0 aliphatic carbocycles. The predicted molar refractivity (Wildman–Crippen MR) is 104 cm³/mol. The van der Waals surface area contributed by atoms with Gasteiger partial charge in [0.15, 0.2) is 0 Å². The molecule has 0 saturated carbocycles. The highest BCUT2D eigenvalue weighted by Crippen LogP contribution is 2.44. The van der Waals surface area contributed by atoms with E-state index in [9.17, 15) is 14.7 Å². The molecule has 3 heterocycles. The van der Waals surface area contributed by atoms with Crippen molar-refractivity contribution in [3.05, 3.63) is 48.3 Å². The number of benzene rings is 1. The average Bonchev–Trinajstić information content (AvgIpc) is 3.32. The number of amides is 1. The number of aromatic nitrogens is 2. The Balaban J connectivity index is 1.46. The van der Waals surface area contributed by atoms with E-state index in [1.807, 2.05) is 41.4 Å². The third-order valence-corrected chi connectivity index (χ3v) is 6.25. The molecule has 2 fully saturated rings. The average molecular weight is 382 g/mol. The highest BCUT2D eigenvalue weighted by Gasteiger charge is 2.48. The lowest BCUT2D eigenvalue weighted by Gasteiger charge is -2.39. The van der Waals surface area contributed by atoms with Crippen LogP contribution >= 0.6 is 0 Å². The van der Waals surface area contributed by atoms with Crippen LogP contribution in [0.15, 0.2) is 42.7 Å². The summed E-state index contributed by atoms with van der Waals surface area (Å²) in [6, 6.07) is 9.52. The van der Waals surface area contributed by atoms with Crippen molar-refractivity contribution in [3.8, 4) is 5.69 Å². The molecule has 1 spiro atoms. The zero-order chi connectivity index (χ0) is 19.7. The number of carbonyl (C=O) groups is 2. The standard InChI is InChI=1S/C21H26N4O3/c1-16(26)23-11-7-21(8-12-23)13-19(20(27)28)24(15-21)14-17-3-5-18(6-4-17)25-10-2-9-22-25/h2-6,9-10,19H,7-8,11-15H2,1H3,(H,27,28)/t19-/m1/s1. The summed E-state index contributed by atoms with van der Waals surface area (Å²) in [4.78, 5) is 27.5. The molecule has 0 unspecified atom stereocenters. The van der Waals surface area contributed by atoms with Crippen LogP contribution in [0.25, 0.3) is 5.69 Å². The molecule has 7 nitrogen and oxygen atoms in total. The van der Waals surface area contributed by atoms with Crippen molar-refractivity contribution >= 4 is 11.9 Å². The number of hydrogen-bond acceptors (Lipinski definition) is 4. The molecule has 0 radical (unpaired) electrons. The van der Waals surface area contributed by atoms with Gasteiger partial charge >= 0.3 is 5.97 Å². The van der Waals surface area contributed by atoms with Crippen LogP contribution in [0.2, 0.25) is 0 Å². The largest absolute Gasteiger partial charge is 0.480 e. The lowest BCUT2D eigenvalue weighted by molar-refractivity contribution is -0.142. The first kappa shape index (κ1) is 18.7. The van der Waals surface area contributed by atoms with Crippen LogP contribution in [-0.2, 0) is 16.1 Å². The lowest BCUT2D eigenvalue weighted by atomic mass is 9.76. The number of hydrogen-bond donors (Lipinski definition) is 1. The van der Waals surface area contributed by atoms with Gasteiger partial charge in [-0.15, -0.1) is 0 Å². The molecule has 2 aliphatic rings. The first-order chi connectivity index (χ1) is 13.5. The second-order valence-electron chi connectivity index (χ2n) is 8.09. The number of carbonyl (C=O) groups excluding carboxylic acids is 1. The molecule has 2 saturated heterocycles. The molecule has 1 amide bonds. The highest BCUT2D eigenvalue weighted by atomic mass is 16.4. The van der Waals surface area contributed by atoms with Crippen LogP contribution < -0.4 is 0 Å². The van der Waals surface area contributed by atoms with Gasteiger partial charge in [-0.25, -0.2) is 4.68 Å². The van der Waals surface area contributed by atoms with Crippen molar-refractivity contribution in [1.29, 1.82) is 0 Å². The molecule has 0 bridgehead atoms. The first-order valence-electron chi connectivity index (χ1n) is 9.77. The maximum Gasteiger partial charge on any atom is 0.320 e. The molecule has 2 aromatic rings. The summed E-state index contributed by atoms with van der Waals surface area (Å²) in [5, 5.41) is 14.0. The number of nitrogens with zero attached hydrogens (tertiary/aromatic N) is 4. The normalized spacial score (nSPS) is 21.9. The number of carboxylic acid groups (broad SMARTS) is 1. The van der Waals surface area contributed by atoms with Crippen LogP contribution in [0.3, 0.4) is 0 Å². The number of rotatable bonds is 4. The van der Waals surface area contributed by atoms with Gasteiger partial charge < -0.3 is 10.0 Å². The van der Waals surface area contributed by atoms with Gasteiger partial charge in [0.25, 0.3) is 0 Å². The topological polar surface area (TPSA) is 78.7 Å². The molecule has 2 aliphatic heterocycles. The number of carboxylic acids is 1. The van der Waals surface area contributed by atoms with Gasteiger partial charge in [-0.05, 0) is 48.4 Å².